The summed E-state index contributed by atoms with van der Waals surface area (Å²) in [5.41, 5.74) is 9.72. The van der Waals surface area contributed by atoms with Crippen molar-refractivity contribution in [3.05, 3.63) is 34.9 Å². The number of benzene rings is 1. The molecule has 1 aromatic rings. The Morgan fingerprint density at radius 2 is 2.27 bits per heavy atom. The molecule has 1 unspecified atom stereocenters. The molecule has 0 radical (unpaired) electrons. The zero-order valence-corrected chi connectivity index (χ0v) is 9.55. The molecule has 2 rings (SSSR count). The average Bonchev–Trinajstić information content (AvgIpc) is 2.67. The van der Waals surface area contributed by atoms with Crippen molar-refractivity contribution in [2.75, 3.05) is 13.7 Å². The van der Waals surface area contributed by atoms with Crippen molar-refractivity contribution < 1.29 is 4.74 Å². The second-order valence-corrected chi connectivity index (χ2v) is 4.25. The molecule has 1 aliphatic rings. The lowest BCUT2D eigenvalue weighted by Gasteiger charge is -2.27. The number of ether oxygens (including phenoxy) is 1. The van der Waals surface area contributed by atoms with E-state index >= 15 is 0 Å². The van der Waals surface area contributed by atoms with Crippen molar-refractivity contribution in [3.63, 3.8) is 0 Å². The highest BCUT2D eigenvalue weighted by atomic mass is 16.5. The van der Waals surface area contributed by atoms with Gasteiger partial charge in [0.15, 0.2) is 0 Å². The number of hydrogen-bond acceptors (Lipinski definition) is 2. The van der Waals surface area contributed by atoms with E-state index in [9.17, 15) is 0 Å². The van der Waals surface area contributed by atoms with Crippen LogP contribution in [0.5, 0.6) is 0 Å². The third-order valence-corrected chi connectivity index (χ3v) is 3.59. The van der Waals surface area contributed by atoms with Crippen LogP contribution in [-0.2, 0) is 23.2 Å². The van der Waals surface area contributed by atoms with E-state index in [1.165, 1.54) is 16.7 Å². The molecule has 0 saturated heterocycles. The van der Waals surface area contributed by atoms with Gasteiger partial charge < -0.3 is 10.5 Å². The maximum atomic E-state index is 5.86. The topological polar surface area (TPSA) is 35.2 Å². The Bertz CT molecular complexity index is 356. The Balaban J connectivity index is 2.47. The smallest absolute Gasteiger partial charge is 0.105 e. The second kappa shape index (κ2) is 3.95. The van der Waals surface area contributed by atoms with Gasteiger partial charge in [-0.15, -0.1) is 0 Å². The predicted molar refractivity (Wildman–Crippen MR) is 61.9 cm³/mol. The third-order valence-electron chi connectivity index (χ3n) is 3.59. The average molecular weight is 205 g/mol. The molecule has 0 amide bonds. The molecule has 0 aromatic heterocycles. The van der Waals surface area contributed by atoms with Gasteiger partial charge in [0.05, 0.1) is 0 Å². The molecular formula is C13H19NO. The molecule has 2 heteroatoms. The van der Waals surface area contributed by atoms with Crippen LogP contribution >= 0.6 is 0 Å². The molecule has 2 N–H and O–H groups in total. The quantitative estimate of drug-likeness (QED) is 0.819. The van der Waals surface area contributed by atoms with E-state index in [0.717, 1.165) is 19.3 Å². The monoisotopic (exact) mass is 205 g/mol. The van der Waals surface area contributed by atoms with Crippen molar-refractivity contribution >= 4 is 0 Å². The van der Waals surface area contributed by atoms with Crippen LogP contribution in [0.3, 0.4) is 0 Å². The first-order valence-electron chi connectivity index (χ1n) is 5.63. The van der Waals surface area contributed by atoms with Gasteiger partial charge in [0, 0.05) is 13.7 Å². The lowest BCUT2D eigenvalue weighted by molar-refractivity contribution is -0.00518. The van der Waals surface area contributed by atoms with E-state index in [1.54, 1.807) is 7.11 Å². The highest BCUT2D eigenvalue weighted by Gasteiger charge is 2.37. The predicted octanol–water partition coefficient (Wildman–Crippen LogP) is 2.00. The van der Waals surface area contributed by atoms with E-state index in [4.69, 9.17) is 10.5 Å². The molecule has 0 bridgehead atoms. The first-order chi connectivity index (χ1) is 7.25. The van der Waals surface area contributed by atoms with Gasteiger partial charge in [-0.25, -0.2) is 0 Å². The minimum atomic E-state index is -0.222. The lowest BCUT2D eigenvalue weighted by atomic mass is 9.94. The van der Waals surface area contributed by atoms with Crippen molar-refractivity contribution in [3.8, 4) is 0 Å². The van der Waals surface area contributed by atoms with Gasteiger partial charge in [-0.1, -0.05) is 25.1 Å². The summed E-state index contributed by atoms with van der Waals surface area (Å²) in [4.78, 5) is 0. The minimum absolute atomic E-state index is 0.222. The Morgan fingerprint density at radius 3 is 2.87 bits per heavy atom. The van der Waals surface area contributed by atoms with Gasteiger partial charge in [-0.05, 0) is 36.0 Å². The first-order valence-corrected chi connectivity index (χ1v) is 5.63. The fourth-order valence-corrected chi connectivity index (χ4v) is 2.46. The molecule has 0 spiro atoms. The van der Waals surface area contributed by atoms with Crippen LogP contribution < -0.4 is 5.73 Å². The summed E-state index contributed by atoms with van der Waals surface area (Å²) in [6.45, 7) is 2.75. The summed E-state index contributed by atoms with van der Waals surface area (Å²) in [5, 5.41) is 0. The fourth-order valence-electron chi connectivity index (χ4n) is 2.46. The Morgan fingerprint density at radius 1 is 1.47 bits per heavy atom. The standard InChI is InChI=1S/C13H19NO/c1-3-10-4-5-11-6-7-13(9-14,15-2)12(11)8-10/h4-5,8H,3,6-7,9,14H2,1-2H3. The van der Waals surface area contributed by atoms with Crippen LogP contribution in [0.1, 0.15) is 30.0 Å². The summed E-state index contributed by atoms with van der Waals surface area (Å²) in [6.07, 6.45) is 3.17. The van der Waals surface area contributed by atoms with Crippen molar-refractivity contribution in [2.24, 2.45) is 5.73 Å². The molecule has 15 heavy (non-hydrogen) atoms. The van der Waals surface area contributed by atoms with E-state index in [2.05, 4.69) is 25.1 Å². The number of fused-ring (bicyclic) bond motifs is 1. The third kappa shape index (κ3) is 1.58. The summed E-state index contributed by atoms with van der Waals surface area (Å²) < 4.78 is 5.65. The summed E-state index contributed by atoms with van der Waals surface area (Å²) >= 11 is 0. The van der Waals surface area contributed by atoms with Crippen LogP contribution in [-0.4, -0.2) is 13.7 Å². The zero-order chi connectivity index (χ0) is 10.9. The summed E-state index contributed by atoms with van der Waals surface area (Å²) in [7, 11) is 1.76. The number of methoxy groups -OCH3 is 1. The van der Waals surface area contributed by atoms with Gasteiger partial charge in [0.25, 0.3) is 0 Å². The SMILES string of the molecule is CCc1ccc2c(c1)C(CN)(OC)CC2. The highest BCUT2D eigenvalue weighted by Crippen LogP contribution is 2.39. The molecule has 82 valence electrons. The molecule has 0 saturated carbocycles. The van der Waals surface area contributed by atoms with Gasteiger partial charge in [0.1, 0.15) is 5.60 Å². The number of rotatable bonds is 3. The highest BCUT2D eigenvalue weighted by molar-refractivity contribution is 5.41. The molecule has 1 aromatic carbocycles. The fraction of sp³-hybridized carbons (Fsp3) is 0.538. The van der Waals surface area contributed by atoms with Crippen molar-refractivity contribution in [1.29, 1.82) is 0 Å². The molecule has 1 atom stereocenters. The van der Waals surface area contributed by atoms with Gasteiger partial charge >= 0.3 is 0 Å². The molecule has 2 nitrogen and oxygen atoms in total. The molecular weight excluding hydrogens is 186 g/mol. The molecule has 0 fully saturated rings. The van der Waals surface area contributed by atoms with Crippen LogP contribution in [0.2, 0.25) is 0 Å². The van der Waals surface area contributed by atoms with Gasteiger partial charge in [-0.3, -0.25) is 0 Å². The van der Waals surface area contributed by atoms with E-state index in [1.807, 2.05) is 0 Å². The second-order valence-electron chi connectivity index (χ2n) is 4.25. The Kier molecular flexibility index (Phi) is 2.81. The molecule has 1 aliphatic carbocycles. The van der Waals surface area contributed by atoms with Gasteiger partial charge in [-0.2, -0.15) is 0 Å². The van der Waals surface area contributed by atoms with E-state index in [0.29, 0.717) is 6.54 Å². The van der Waals surface area contributed by atoms with Crippen molar-refractivity contribution in [1.82, 2.24) is 0 Å². The molecule has 0 heterocycles. The normalized spacial score (nSPS) is 24.2. The molecule has 0 aliphatic heterocycles. The van der Waals surface area contributed by atoms with Crippen LogP contribution in [0.15, 0.2) is 18.2 Å². The lowest BCUT2D eigenvalue weighted by Crippen LogP contribution is -2.34. The Labute approximate surface area is 91.4 Å². The van der Waals surface area contributed by atoms with Gasteiger partial charge in [0.2, 0.25) is 0 Å². The minimum Gasteiger partial charge on any atom is -0.372 e. The van der Waals surface area contributed by atoms with E-state index in [-0.39, 0.29) is 5.60 Å². The summed E-state index contributed by atoms with van der Waals surface area (Å²) in [5.74, 6) is 0. The zero-order valence-electron chi connectivity index (χ0n) is 9.55. The van der Waals surface area contributed by atoms with Crippen molar-refractivity contribution in [2.45, 2.75) is 31.8 Å². The number of aryl methyl sites for hydroxylation is 2. The number of hydrogen-bond donors (Lipinski definition) is 1. The van der Waals surface area contributed by atoms with Crippen LogP contribution in [0, 0.1) is 0 Å². The Hall–Kier alpha value is -0.860. The first kappa shape index (κ1) is 10.7. The largest absolute Gasteiger partial charge is 0.372 e. The van der Waals surface area contributed by atoms with Crippen LogP contribution in [0.4, 0.5) is 0 Å². The maximum Gasteiger partial charge on any atom is 0.105 e. The summed E-state index contributed by atoms with van der Waals surface area (Å²) in [6, 6.07) is 6.70. The van der Waals surface area contributed by atoms with E-state index < -0.39 is 0 Å². The maximum absolute atomic E-state index is 5.86. The number of nitrogens with two attached hydrogens (primary N) is 1. The van der Waals surface area contributed by atoms with Crippen LogP contribution in [0.25, 0.3) is 0 Å².